The van der Waals surface area contributed by atoms with Crippen LogP contribution in [0.1, 0.15) is 33.0 Å². The number of oxime groups is 1. The highest BCUT2D eigenvalue weighted by Gasteiger charge is 2.15. The number of hydrogen-bond donors (Lipinski definition) is 2. The second-order valence-electron chi connectivity index (χ2n) is 6.64. The molecule has 0 amide bonds. The monoisotopic (exact) mass is 424 g/mol. The van der Waals surface area contributed by atoms with Gasteiger partial charge in [0.2, 0.25) is 5.76 Å². The van der Waals surface area contributed by atoms with Gasteiger partial charge < -0.3 is 25.5 Å². The van der Waals surface area contributed by atoms with Crippen molar-refractivity contribution < 1.29 is 23.7 Å². The fourth-order valence-corrected chi connectivity index (χ4v) is 2.76. The lowest BCUT2D eigenvalue weighted by Gasteiger charge is -2.06. The molecule has 10 heteroatoms. The van der Waals surface area contributed by atoms with E-state index in [1.165, 1.54) is 18.2 Å². The van der Waals surface area contributed by atoms with E-state index in [-0.39, 0.29) is 23.9 Å². The number of nitrogens with zero attached hydrogens (tertiary/aromatic N) is 2. The van der Waals surface area contributed by atoms with E-state index in [1.54, 1.807) is 44.2 Å². The van der Waals surface area contributed by atoms with E-state index in [9.17, 15) is 14.9 Å². The number of anilines is 1. The molecule has 0 bridgehead atoms. The maximum Gasteiger partial charge on any atom is 0.400 e. The number of hydrogen-bond acceptors (Lipinski definition) is 8. The first-order valence-electron chi connectivity index (χ1n) is 9.13. The van der Waals surface area contributed by atoms with E-state index in [4.69, 9.17) is 25.5 Å². The molecule has 0 aliphatic rings. The molecule has 3 rings (SSSR count). The SMILES string of the molecule is Cc1cc(OCc2ccc(C(=O)O/N=C(\N)c3cccc(N)c3C)o2)ccc1[N+](=O)[O-]. The molecular weight excluding hydrogens is 404 g/mol. The highest BCUT2D eigenvalue weighted by Crippen LogP contribution is 2.24. The van der Waals surface area contributed by atoms with Crippen LogP contribution in [0.2, 0.25) is 0 Å². The lowest BCUT2D eigenvalue weighted by atomic mass is 10.1. The molecule has 0 saturated carbocycles. The maximum absolute atomic E-state index is 12.2. The van der Waals surface area contributed by atoms with Crippen LogP contribution in [0.3, 0.4) is 0 Å². The number of rotatable bonds is 7. The molecule has 0 fully saturated rings. The Morgan fingerprint density at radius 2 is 1.97 bits per heavy atom. The number of furan rings is 1. The summed E-state index contributed by atoms with van der Waals surface area (Å²) in [6.07, 6.45) is 0. The fourth-order valence-electron chi connectivity index (χ4n) is 2.76. The Hall–Kier alpha value is -4.34. The summed E-state index contributed by atoms with van der Waals surface area (Å²) in [7, 11) is 0. The van der Waals surface area contributed by atoms with Crippen LogP contribution in [0.5, 0.6) is 5.75 Å². The van der Waals surface area contributed by atoms with Gasteiger partial charge in [0.15, 0.2) is 5.84 Å². The van der Waals surface area contributed by atoms with Gasteiger partial charge in [0, 0.05) is 22.9 Å². The summed E-state index contributed by atoms with van der Waals surface area (Å²) in [5.74, 6) is -0.131. The van der Waals surface area contributed by atoms with Crippen LogP contribution in [0, 0.1) is 24.0 Å². The third-order valence-corrected chi connectivity index (χ3v) is 4.49. The molecule has 0 unspecified atom stereocenters. The van der Waals surface area contributed by atoms with Crippen molar-refractivity contribution in [3.63, 3.8) is 0 Å². The molecule has 2 aromatic carbocycles. The van der Waals surface area contributed by atoms with Gasteiger partial charge in [-0.05, 0) is 49.7 Å². The zero-order valence-electron chi connectivity index (χ0n) is 16.8. The number of nitrogen functional groups attached to an aromatic ring is 1. The Balaban J connectivity index is 1.61. The number of carbonyl (C=O) groups is 1. The van der Waals surface area contributed by atoms with Gasteiger partial charge in [-0.3, -0.25) is 10.1 Å². The van der Waals surface area contributed by atoms with Crippen LogP contribution in [-0.2, 0) is 11.4 Å². The van der Waals surface area contributed by atoms with Crippen LogP contribution in [-0.4, -0.2) is 16.7 Å². The molecule has 0 saturated heterocycles. The number of carbonyl (C=O) groups excluding carboxylic acids is 1. The maximum atomic E-state index is 12.2. The average molecular weight is 424 g/mol. The van der Waals surface area contributed by atoms with E-state index in [1.807, 2.05) is 0 Å². The fraction of sp³-hybridized carbons (Fsp3) is 0.143. The number of amidine groups is 1. The summed E-state index contributed by atoms with van der Waals surface area (Å²) >= 11 is 0. The Bertz CT molecular complexity index is 1170. The van der Waals surface area contributed by atoms with Crippen molar-refractivity contribution in [1.29, 1.82) is 0 Å². The molecule has 1 aromatic heterocycles. The van der Waals surface area contributed by atoms with Gasteiger partial charge in [-0.2, -0.15) is 0 Å². The zero-order valence-corrected chi connectivity index (χ0v) is 16.8. The molecule has 0 spiro atoms. The normalized spacial score (nSPS) is 11.2. The molecule has 0 aliphatic carbocycles. The highest BCUT2D eigenvalue weighted by molar-refractivity contribution is 6.00. The summed E-state index contributed by atoms with van der Waals surface area (Å²) in [6.45, 7) is 3.40. The smallest absolute Gasteiger partial charge is 0.400 e. The Kier molecular flexibility index (Phi) is 6.20. The lowest BCUT2D eigenvalue weighted by Crippen LogP contribution is -2.17. The number of ether oxygens (including phenoxy) is 1. The number of benzene rings is 2. The minimum absolute atomic E-state index is 0.00167. The van der Waals surface area contributed by atoms with Gasteiger partial charge >= 0.3 is 5.97 Å². The van der Waals surface area contributed by atoms with Gasteiger partial charge in [0.25, 0.3) is 5.69 Å². The summed E-state index contributed by atoms with van der Waals surface area (Å²) in [5.41, 5.74) is 14.0. The van der Waals surface area contributed by atoms with Crippen molar-refractivity contribution in [2.75, 3.05) is 5.73 Å². The lowest BCUT2D eigenvalue weighted by molar-refractivity contribution is -0.385. The van der Waals surface area contributed by atoms with E-state index < -0.39 is 10.9 Å². The van der Waals surface area contributed by atoms with E-state index in [0.29, 0.717) is 28.3 Å². The minimum Gasteiger partial charge on any atom is -0.486 e. The minimum atomic E-state index is -0.832. The number of nitrogens with two attached hydrogens (primary N) is 2. The van der Waals surface area contributed by atoms with E-state index >= 15 is 0 Å². The van der Waals surface area contributed by atoms with Crippen molar-refractivity contribution in [2.24, 2.45) is 10.9 Å². The van der Waals surface area contributed by atoms with Gasteiger partial charge in [-0.15, -0.1) is 0 Å². The van der Waals surface area contributed by atoms with E-state index in [0.717, 1.165) is 5.56 Å². The number of nitro groups is 1. The largest absolute Gasteiger partial charge is 0.486 e. The first kappa shape index (κ1) is 21.4. The topological polar surface area (TPSA) is 156 Å². The van der Waals surface area contributed by atoms with Gasteiger partial charge in [-0.25, -0.2) is 4.79 Å². The molecule has 3 aromatic rings. The van der Waals surface area contributed by atoms with Crippen molar-refractivity contribution in [3.05, 3.63) is 86.9 Å². The molecule has 1 heterocycles. The van der Waals surface area contributed by atoms with Crippen LogP contribution < -0.4 is 16.2 Å². The van der Waals surface area contributed by atoms with Crippen LogP contribution in [0.4, 0.5) is 11.4 Å². The Morgan fingerprint density at radius 1 is 1.19 bits per heavy atom. The first-order valence-corrected chi connectivity index (χ1v) is 9.13. The summed E-state index contributed by atoms with van der Waals surface area (Å²) in [6, 6.07) is 12.5. The standard InChI is InChI=1S/C21H20N4O6/c1-12-10-14(6-8-18(12)25(27)28)29-11-15-7-9-19(30-15)21(26)31-24-20(23)16-4-3-5-17(22)13(16)2/h3-10H,11,22H2,1-2H3,(H2,23,24). The quantitative estimate of drug-likeness (QED) is 0.146. The third-order valence-electron chi connectivity index (χ3n) is 4.49. The molecule has 160 valence electrons. The second kappa shape index (κ2) is 8.99. The molecule has 0 atom stereocenters. The summed E-state index contributed by atoms with van der Waals surface area (Å²) in [4.78, 5) is 27.4. The molecular formula is C21H20N4O6. The van der Waals surface area contributed by atoms with Gasteiger partial charge in [0.05, 0.1) is 4.92 Å². The molecule has 4 N–H and O–H groups in total. The second-order valence-corrected chi connectivity index (χ2v) is 6.64. The highest BCUT2D eigenvalue weighted by atomic mass is 16.7. The van der Waals surface area contributed by atoms with Gasteiger partial charge in [-0.1, -0.05) is 17.3 Å². The first-order chi connectivity index (χ1) is 14.8. The molecule has 0 aliphatic heterocycles. The van der Waals surface area contributed by atoms with Gasteiger partial charge in [0.1, 0.15) is 18.1 Å². The summed E-state index contributed by atoms with van der Waals surface area (Å²) < 4.78 is 11.0. The van der Waals surface area contributed by atoms with Crippen LogP contribution in [0.15, 0.2) is 58.1 Å². The van der Waals surface area contributed by atoms with Crippen molar-refractivity contribution in [3.8, 4) is 5.75 Å². The number of aryl methyl sites for hydroxylation is 1. The van der Waals surface area contributed by atoms with Crippen LogP contribution >= 0.6 is 0 Å². The predicted molar refractivity (Wildman–Crippen MR) is 113 cm³/mol. The Labute approximate surface area is 177 Å². The molecule has 31 heavy (non-hydrogen) atoms. The van der Waals surface area contributed by atoms with Crippen molar-refractivity contribution in [1.82, 2.24) is 0 Å². The molecule has 10 nitrogen and oxygen atoms in total. The number of nitro benzene ring substituents is 1. The Morgan fingerprint density at radius 3 is 2.68 bits per heavy atom. The van der Waals surface area contributed by atoms with Crippen molar-refractivity contribution in [2.45, 2.75) is 20.5 Å². The zero-order chi connectivity index (χ0) is 22.5. The predicted octanol–water partition coefficient (Wildman–Crippen LogP) is 3.44. The van der Waals surface area contributed by atoms with E-state index in [2.05, 4.69) is 5.16 Å². The van der Waals surface area contributed by atoms with Crippen molar-refractivity contribution >= 4 is 23.2 Å². The summed E-state index contributed by atoms with van der Waals surface area (Å²) in [5, 5.41) is 14.5. The molecule has 0 radical (unpaired) electrons. The average Bonchev–Trinajstić information content (AvgIpc) is 3.21. The third kappa shape index (κ3) is 4.99. The van der Waals surface area contributed by atoms with Crippen LogP contribution in [0.25, 0.3) is 0 Å².